The molecule has 2 heterocycles. The topological polar surface area (TPSA) is 34.5 Å². The second kappa shape index (κ2) is 4.76. The van der Waals surface area contributed by atoms with E-state index in [4.69, 9.17) is 4.74 Å². The van der Waals surface area contributed by atoms with Crippen LogP contribution in [-0.2, 0) is 23.7 Å². The smallest absolute Gasteiger partial charge is 0.250 e. The van der Waals surface area contributed by atoms with Crippen molar-refractivity contribution in [3.63, 3.8) is 0 Å². The van der Waals surface area contributed by atoms with Gasteiger partial charge in [0.25, 0.3) is 0 Å². The fourth-order valence-electron chi connectivity index (χ4n) is 3.59. The average Bonchev–Trinajstić information content (AvgIpc) is 2.44. The maximum Gasteiger partial charge on any atom is 0.250 e. The van der Waals surface area contributed by atoms with Crippen LogP contribution in [0.2, 0.25) is 0 Å². The number of ether oxygens (including phenoxy) is 1. The number of hydrogen-bond donors (Lipinski definition) is 0. The molecule has 0 aromatic carbocycles. The summed E-state index contributed by atoms with van der Waals surface area (Å²) in [6.07, 6.45) is 3.33. The maximum atomic E-state index is 11.8. The summed E-state index contributed by atoms with van der Waals surface area (Å²) in [7, 11) is 1.90. The fraction of sp³-hybridized carbons (Fsp3) is 0.667. The van der Waals surface area contributed by atoms with Crippen LogP contribution in [0.15, 0.2) is 16.9 Å². The first kappa shape index (κ1) is 12.9. The molecule has 2 aliphatic rings. The number of fused-ring (bicyclic) bond motifs is 1. The van der Waals surface area contributed by atoms with Gasteiger partial charge in [0.2, 0.25) is 5.56 Å². The minimum atomic E-state index is 0.0584. The van der Waals surface area contributed by atoms with Gasteiger partial charge < -0.3 is 9.30 Å². The second-order valence-corrected chi connectivity index (χ2v) is 5.82. The Bertz CT molecular complexity index is 531. The van der Waals surface area contributed by atoms with Gasteiger partial charge in [0.05, 0.1) is 13.2 Å². The molecule has 1 aliphatic heterocycles. The van der Waals surface area contributed by atoms with E-state index in [1.54, 1.807) is 6.07 Å². The van der Waals surface area contributed by atoms with Crippen LogP contribution in [0.4, 0.5) is 0 Å². The van der Waals surface area contributed by atoms with Crippen molar-refractivity contribution in [1.82, 2.24) is 9.47 Å². The molecule has 0 N–H and O–H groups in total. The Hall–Kier alpha value is -1.13. The summed E-state index contributed by atoms with van der Waals surface area (Å²) in [4.78, 5) is 14.3. The summed E-state index contributed by atoms with van der Waals surface area (Å²) in [6, 6.07) is 3.76. The normalized spacial score (nSPS) is 28.1. The van der Waals surface area contributed by atoms with Crippen molar-refractivity contribution in [2.45, 2.75) is 31.7 Å². The van der Waals surface area contributed by atoms with Crippen LogP contribution in [0.5, 0.6) is 0 Å². The van der Waals surface area contributed by atoms with Crippen molar-refractivity contribution in [2.75, 3.05) is 26.3 Å². The summed E-state index contributed by atoms with van der Waals surface area (Å²) in [5, 5.41) is 0. The van der Waals surface area contributed by atoms with Crippen molar-refractivity contribution < 1.29 is 4.74 Å². The fourth-order valence-corrected chi connectivity index (χ4v) is 3.59. The molecule has 1 atom stereocenters. The summed E-state index contributed by atoms with van der Waals surface area (Å²) in [6.45, 7) is 5.92. The van der Waals surface area contributed by atoms with E-state index in [9.17, 15) is 4.79 Å². The monoisotopic (exact) mass is 262 g/mol. The molecule has 0 saturated carbocycles. The number of morpholine rings is 1. The Morgan fingerprint density at radius 1 is 1.26 bits per heavy atom. The van der Waals surface area contributed by atoms with E-state index < -0.39 is 0 Å². The van der Waals surface area contributed by atoms with Crippen LogP contribution in [0.25, 0.3) is 0 Å². The zero-order valence-electron chi connectivity index (χ0n) is 11.8. The van der Waals surface area contributed by atoms with E-state index in [1.165, 1.54) is 11.3 Å². The van der Waals surface area contributed by atoms with Crippen molar-refractivity contribution in [3.8, 4) is 0 Å². The summed E-state index contributed by atoms with van der Waals surface area (Å²) in [5.74, 6) is 0. The van der Waals surface area contributed by atoms with E-state index >= 15 is 0 Å². The predicted octanol–water partition coefficient (Wildman–Crippen LogP) is 1.27. The van der Waals surface area contributed by atoms with Gasteiger partial charge in [-0.1, -0.05) is 0 Å². The van der Waals surface area contributed by atoms with E-state index in [-0.39, 0.29) is 11.1 Å². The maximum absolute atomic E-state index is 11.8. The number of hydrogen-bond acceptors (Lipinski definition) is 3. The van der Waals surface area contributed by atoms with Crippen LogP contribution in [0.1, 0.15) is 31.0 Å². The average molecular weight is 262 g/mol. The van der Waals surface area contributed by atoms with Gasteiger partial charge in [0.1, 0.15) is 0 Å². The minimum absolute atomic E-state index is 0.0584. The highest BCUT2D eigenvalue weighted by Gasteiger charge is 2.38. The first-order chi connectivity index (χ1) is 9.13. The van der Waals surface area contributed by atoms with Gasteiger partial charge >= 0.3 is 0 Å². The molecular weight excluding hydrogens is 240 g/mol. The van der Waals surface area contributed by atoms with Crippen LogP contribution < -0.4 is 5.56 Å². The van der Waals surface area contributed by atoms with Gasteiger partial charge in [-0.2, -0.15) is 0 Å². The van der Waals surface area contributed by atoms with Gasteiger partial charge in [-0.15, -0.1) is 0 Å². The van der Waals surface area contributed by atoms with Gasteiger partial charge in [-0.3, -0.25) is 9.69 Å². The van der Waals surface area contributed by atoms with E-state index in [1.807, 2.05) is 17.7 Å². The predicted molar refractivity (Wildman–Crippen MR) is 74.4 cm³/mol. The third-order valence-electron chi connectivity index (χ3n) is 4.81. The third kappa shape index (κ3) is 2.03. The SMILES string of the molecule is Cn1c2c(ccc1=O)C(C)(N1CCOCC1)CCC2. The molecule has 104 valence electrons. The van der Waals surface area contributed by atoms with Crippen LogP contribution in [0, 0.1) is 0 Å². The van der Waals surface area contributed by atoms with Gasteiger partial charge in [-0.05, 0) is 37.8 Å². The number of rotatable bonds is 1. The van der Waals surface area contributed by atoms with Crippen molar-refractivity contribution in [2.24, 2.45) is 7.05 Å². The highest BCUT2D eigenvalue weighted by atomic mass is 16.5. The molecule has 1 fully saturated rings. The lowest BCUT2D eigenvalue weighted by Gasteiger charge is -2.47. The Morgan fingerprint density at radius 2 is 2.00 bits per heavy atom. The standard InChI is InChI=1S/C15H22N2O2/c1-15(17-8-10-19-11-9-17)7-3-4-13-12(15)5-6-14(18)16(13)2/h5-6H,3-4,7-11H2,1-2H3. The Morgan fingerprint density at radius 3 is 2.74 bits per heavy atom. The lowest BCUT2D eigenvalue weighted by atomic mass is 9.78. The van der Waals surface area contributed by atoms with Gasteiger partial charge in [0.15, 0.2) is 0 Å². The summed E-state index contributed by atoms with van der Waals surface area (Å²) < 4.78 is 7.30. The van der Waals surface area contributed by atoms with Crippen LogP contribution in [0.3, 0.4) is 0 Å². The minimum Gasteiger partial charge on any atom is -0.379 e. The van der Waals surface area contributed by atoms with Crippen molar-refractivity contribution in [3.05, 3.63) is 33.7 Å². The Labute approximate surface area is 114 Å². The molecule has 1 aliphatic carbocycles. The van der Waals surface area contributed by atoms with Gasteiger partial charge in [0, 0.05) is 37.4 Å². The molecule has 4 heteroatoms. The van der Waals surface area contributed by atoms with Crippen LogP contribution >= 0.6 is 0 Å². The highest BCUT2D eigenvalue weighted by molar-refractivity contribution is 5.32. The molecule has 0 amide bonds. The Kier molecular flexibility index (Phi) is 3.23. The van der Waals surface area contributed by atoms with Crippen molar-refractivity contribution >= 4 is 0 Å². The zero-order chi connectivity index (χ0) is 13.5. The second-order valence-electron chi connectivity index (χ2n) is 5.82. The van der Waals surface area contributed by atoms with E-state index in [0.29, 0.717) is 0 Å². The third-order valence-corrected chi connectivity index (χ3v) is 4.81. The molecule has 4 nitrogen and oxygen atoms in total. The quantitative estimate of drug-likeness (QED) is 0.764. The van der Waals surface area contributed by atoms with Gasteiger partial charge in [-0.25, -0.2) is 0 Å². The Balaban J connectivity index is 2.06. The molecule has 1 unspecified atom stereocenters. The molecule has 3 rings (SSSR count). The first-order valence-corrected chi connectivity index (χ1v) is 7.15. The summed E-state index contributed by atoms with van der Waals surface area (Å²) >= 11 is 0. The number of pyridine rings is 1. The molecule has 19 heavy (non-hydrogen) atoms. The van der Waals surface area contributed by atoms with E-state index in [2.05, 4.69) is 11.8 Å². The molecule has 1 saturated heterocycles. The lowest BCUT2D eigenvalue weighted by Crippen LogP contribution is -2.51. The lowest BCUT2D eigenvalue weighted by molar-refractivity contribution is -0.0252. The number of aromatic nitrogens is 1. The molecule has 0 bridgehead atoms. The zero-order valence-corrected chi connectivity index (χ0v) is 11.8. The van der Waals surface area contributed by atoms with Crippen LogP contribution in [-0.4, -0.2) is 35.8 Å². The summed E-state index contributed by atoms with van der Waals surface area (Å²) in [5.41, 5.74) is 2.71. The number of nitrogens with zero attached hydrogens (tertiary/aromatic N) is 2. The van der Waals surface area contributed by atoms with Crippen molar-refractivity contribution in [1.29, 1.82) is 0 Å². The molecule has 1 aromatic heterocycles. The molecule has 0 spiro atoms. The van der Waals surface area contributed by atoms with E-state index in [0.717, 1.165) is 45.6 Å². The first-order valence-electron chi connectivity index (χ1n) is 7.15. The molecular formula is C15H22N2O2. The largest absolute Gasteiger partial charge is 0.379 e. The molecule has 1 aromatic rings. The highest BCUT2D eigenvalue weighted by Crippen LogP contribution is 2.39. The molecule has 0 radical (unpaired) electrons.